The average Bonchev–Trinajstić information content (AvgIpc) is 3.33. The van der Waals surface area contributed by atoms with Crippen molar-refractivity contribution in [2.45, 2.75) is 64.0 Å². The second-order valence-corrected chi connectivity index (χ2v) is 9.23. The van der Waals surface area contributed by atoms with Gasteiger partial charge in [-0.1, -0.05) is 37.3 Å². The van der Waals surface area contributed by atoms with Crippen molar-refractivity contribution >= 4 is 22.9 Å². The van der Waals surface area contributed by atoms with E-state index in [-0.39, 0.29) is 24.0 Å². The van der Waals surface area contributed by atoms with E-state index in [0.29, 0.717) is 6.42 Å². The fourth-order valence-electron chi connectivity index (χ4n) is 4.60. The van der Waals surface area contributed by atoms with E-state index in [0.717, 1.165) is 50.1 Å². The van der Waals surface area contributed by atoms with E-state index in [1.165, 1.54) is 10.4 Å². The zero-order valence-electron chi connectivity index (χ0n) is 16.0. The highest BCUT2D eigenvalue weighted by Crippen LogP contribution is 2.38. The Kier molecular flexibility index (Phi) is 5.65. The Morgan fingerprint density at radius 1 is 1.07 bits per heavy atom. The van der Waals surface area contributed by atoms with Crippen molar-refractivity contribution in [1.82, 2.24) is 0 Å². The number of carbonyl (C=O) groups is 1. The van der Waals surface area contributed by atoms with Gasteiger partial charge in [0, 0.05) is 22.2 Å². The van der Waals surface area contributed by atoms with E-state index in [9.17, 15) is 9.90 Å². The van der Waals surface area contributed by atoms with Crippen LogP contribution in [0.4, 0.5) is 5.69 Å². The van der Waals surface area contributed by atoms with Crippen LogP contribution < -0.4 is 4.90 Å². The molecule has 2 atom stereocenters. The molecule has 2 fully saturated rings. The van der Waals surface area contributed by atoms with Crippen molar-refractivity contribution in [2.24, 2.45) is 11.8 Å². The second-order valence-electron chi connectivity index (χ2n) is 8.32. The van der Waals surface area contributed by atoms with Crippen LogP contribution in [0.15, 0.2) is 41.8 Å². The minimum atomic E-state index is -0.274. The molecule has 3 nitrogen and oxygen atoms in total. The SMILES string of the molecule is CC1CCC(C(=O)N(c2csc(-c3ccccc3)c2)C2CCC(O)C2)CC1. The monoisotopic (exact) mass is 383 g/mol. The van der Waals surface area contributed by atoms with Crippen LogP contribution in [0, 0.1) is 11.8 Å². The molecule has 0 bridgehead atoms. The molecule has 144 valence electrons. The van der Waals surface area contributed by atoms with Gasteiger partial charge in [0.05, 0.1) is 11.8 Å². The summed E-state index contributed by atoms with van der Waals surface area (Å²) in [6, 6.07) is 12.6. The van der Waals surface area contributed by atoms with Crippen molar-refractivity contribution in [3.8, 4) is 10.4 Å². The van der Waals surface area contributed by atoms with Crippen molar-refractivity contribution in [3.05, 3.63) is 41.8 Å². The van der Waals surface area contributed by atoms with Crippen LogP contribution in [-0.4, -0.2) is 23.2 Å². The molecule has 2 unspecified atom stereocenters. The Bertz CT molecular complexity index is 764. The van der Waals surface area contributed by atoms with Crippen molar-refractivity contribution < 1.29 is 9.90 Å². The largest absolute Gasteiger partial charge is 0.393 e. The third kappa shape index (κ3) is 4.12. The highest BCUT2D eigenvalue weighted by molar-refractivity contribution is 7.14. The van der Waals surface area contributed by atoms with Gasteiger partial charge in [-0.15, -0.1) is 11.3 Å². The highest BCUT2D eigenvalue weighted by Gasteiger charge is 2.36. The first-order valence-electron chi connectivity index (χ1n) is 10.3. The summed E-state index contributed by atoms with van der Waals surface area (Å²) in [5.74, 6) is 1.15. The molecule has 4 rings (SSSR count). The number of anilines is 1. The number of rotatable bonds is 4. The summed E-state index contributed by atoms with van der Waals surface area (Å²) in [5.41, 5.74) is 2.21. The Morgan fingerprint density at radius 3 is 2.48 bits per heavy atom. The van der Waals surface area contributed by atoms with Gasteiger partial charge in [0.25, 0.3) is 0 Å². The molecule has 0 aliphatic heterocycles. The topological polar surface area (TPSA) is 40.5 Å². The molecule has 1 aromatic carbocycles. The normalized spacial score (nSPS) is 28.2. The van der Waals surface area contributed by atoms with Gasteiger partial charge in [0.1, 0.15) is 0 Å². The Labute approximate surface area is 166 Å². The fourth-order valence-corrected chi connectivity index (χ4v) is 5.49. The first kappa shape index (κ1) is 18.7. The summed E-state index contributed by atoms with van der Waals surface area (Å²) in [6.45, 7) is 2.29. The Balaban J connectivity index is 1.60. The average molecular weight is 384 g/mol. The van der Waals surface area contributed by atoms with Crippen LogP contribution in [0.5, 0.6) is 0 Å². The van der Waals surface area contributed by atoms with Crippen LogP contribution in [0.3, 0.4) is 0 Å². The summed E-state index contributed by atoms with van der Waals surface area (Å²) in [5, 5.41) is 12.2. The van der Waals surface area contributed by atoms with Gasteiger partial charge in [-0.2, -0.15) is 0 Å². The van der Waals surface area contributed by atoms with Crippen LogP contribution in [0.2, 0.25) is 0 Å². The number of hydrogen-bond acceptors (Lipinski definition) is 3. The lowest BCUT2D eigenvalue weighted by atomic mass is 9.82. The number of aliphatic hydroxyl groups excluding tert-OH is 1. The molecule has 0 spiro atoms. The molecular formula is C23H29NO2S. The lowest BCUT2D eigenvalue weighted by molar-refractivity contribution is -0.124. The Hall–Kier alpha value is -1.65. The van der Waals surface area contributed by atoms with Crippen LogP contribution in [0.1, 0.15) is 51.9 Å². The molecule has 0 saturated heterocycles. The number of aliphatic hydroxyl groups is 1. The summed E-state index contributed by atoms with van der Waals surface area (Å²) in [6.07, 6.45) is 6.42. The molecule has 2 saturated carbocycles. The molecule has 1 heterocycles. The zero-order valence-corrected chi connectivity index (χ0v) is 16.8. The Morgan fingerprint density at radius 2 is 1.81 bits per heavy atom. The van der Waals surface area contributed by atoms with E-state index in [4.69, 9.17) is 0 Å². The van der Waals surface area contributed by atoms with Gasteiger partial charge in [0.2, 0.25) is 5.91 Å². The number of carbonyl (C=O) groups excluding carboxylic acids is 1. The van der Waals surface area contributed by atoms with Crippen molar-refractivity contribution in [2.75, 3.05) is 4.90 Å². The fraction of sp³-hybridized carbons (Fsp3) is 0.522. The molecule has 1 amide bonds. The summed E-state index contributed by atoms with van der Waals surface area (Å²) in [7, 11) is 0. The molecule has 1 N–H and O–H groups in total. The molecule has 2 aliphatic rings. The maximum atomic E-state index is 13.5. The van der Waals surface area contributed by atoms with E-state index in [2.05, 4.69) is 30.5 Å². The lowest BCUT2D eigenvalue weighted by Crippen LogP contribution is -2.43. The summed E-state index contributed by atoms with van der Waals surface area (Å²) in [4.78, 5) is 16.7. The van der Waals surface area contributed by atoms with Crippen molar-refractivity contribution in [1.29, 1.82) is 0 Å². The predicted molar refractivity (Wildman–Crippen MR) is 112 cm³/mol. The second kappa shape index (κ2) is 8.15. The molecule has 27 heavy (non-hydrogen) atoms. The molecule has 1 aromatic heterocycles. The van der Waals surface area contributed by atoms with Crippen molar-refractivity contribution in [3.63, 3.8) is 0 Å². The maximum Gasteiger partial charge on any atom is 0.230 e. The number of amides is 1. The van der Waals surface area contributed by atoms with Gasteiger partial charge in [-0.25, -0.2) is 0 Å². The van der Waals surface area contributed by atoms with Gasteiger partial charge < -0.3 is 10.0 Å². The zero-order chi connectivity index (χ0) is 18.8. The quantitative estimate of drug-likeness (QED) is 0.758. The van der Waals surface area contributed by atoms with E-state index in [1.807, 2.05) is 23.1 Å². The number of benzene rings is 1. The van der Waals surface area contributed by atoms with E-state index in [1.54, 1.807) is 11.3 Å². The van der Waals surface area contributed by atoms with Crippen LogP contribution >= 0.6 is 11.3 Å². The van der Waals surface area contributed by atoms with Crippen LogP contribution in [-0.2, 0) is 4.79 Å². The molecule has 2 aromatic rings. The van der Waals surface area contributed by atoms with E-state index < -0.39 is 0 Å². The number of nitrogens with zero attached hydrogens (tertiary/aromatic N) is 1. The molecular weight excluding hydrogens is 354 g/mol. The predicted octanol–water partition coefficient (Wildman–Crippen LogP) is 5.49. The molecule has 4 heteroatoms. The lowest BCUT2D eigenvalue weighted by Gasteiger charge is -2.34. The van der Waals surface area contributed by atoms with Gasteiger partial charge in [0.15, 0.2) is 0 Å². The van der Waals surface area contributed by atoms with E-state index >= 15 is 0 Å². The third-order valence-electron chi connectivity index (χ3n) is 6.27. The third-order valence-corrected chi connectivity index (χ3v) is 7.23. The summed E-state index contributed by atoms with van der Waals surface area (Å²) < 4.78 is 0. The smallest absolute Gasteiger partial charge is 0.230 e. The minimum Gasteiger partial charge on any atom is -0.393 e. The number of thiophene rings is 1. The first-order valence-corrected chi connectivity index (χ1v) is 11.1. The first-order chi connectivity index (χ1) is 13.1. The molecule has 2 aliphatic carbocycles. The standard InChI is InChI=1S/C23H29NO2S/c1-16-7-9-18(10-8-16)23(26)24(19-11-12-21(25)13-19)20-14-22(27-15-20)17-5-3-2-4-6-17/h2-6,14-16,18-19,21,25H,7-13H2,1H3. The highest BCUT2D eigenvalue weighted by atomic mass is 32.1. The maximum absolute atomic E-state index is 13.5. The van der Waals surface area contributed by atoms with Gasteiger partial charge in [-0.05, 0) is 62.5 Å². The minimum absolute atomic E-state index is 0.130. The van der Waals surface area contributed by atoms with Crippen LogP contribution in [0.25, 0.3) is 10.4 Å². The van der Waals surface area contributed by atoms with Gasteiger partial charge >= 0.3 is 0 Å². The number of hydrogen-bond donors (Lipinski definition) is 1. The molecule has 0 radical (unpaired) electrons. The van der Waals surface area contributed by atoms with Gasteiger partial charge in [-0.3, -0.25) is 4.79 Å². The summed E-state index contributed by atoms with van der Waals surface area (Å²) >= 11 is 1.70.